The van der Waals surface area contributed by atoms with E-state index in [1.54, 1.807) is 25.4 Å². The highest BCUT2D eigenvalue weighted by atomic mass is 32.1. The van der Waals surface area contributed by atoms with Gasteiger partial charge in [0.2, 0.25) is 5.91 Å². The van der Waals surface area contributed by atoms with Crippen molar-refractivity contribution in [2.24, 2.45) is 0 Å². The van der Waals surface area contributed by atoms with Gasteiger partial charge in [-0.05, 0) is 53.6 Å². The first-order chi connectivity index (χ1) is 23.5. The summed E-state index contributed by atoms with van der Waals surface area (Å²) in [7, 11) is 0. The number of carbonyl (C=O) groups excluding carboxylic acids is 2. The summed E-state index contributed by atoms with van der Waals surface area (Å²) in [5.74, 6) is -0.654. The summed E-state index contributed by atoms with van der Waals surface area (Å²) >= 11 is 1.38. The van der Waals surface area contributed by atoms with Crippen molar-refractivity contribution in [1.29, 1.82) is 0 Å². The molecule has 2 aromatic carbocycles. The Morgan fingerprint density at radius 3 is 2.04 bits per heavy atom. The van der Waals surface area contributed by atoms with Crippen LogP contribution in [0.25, 0.3) is 22.5 Å². The smallest absolute Gasteiger partial charge is 0.326 e. The van der Waals surface area contributed by atoms with E-state index in [-0.39, 0.29) is 24.2 Å². The third-order valence-corrected chi connectivity index (χ3v) is 9.73. The second-order valence-corrected chi connectivity index (χ2v) is 14.3. The van der Waals surface area contributed by atoms with E-state index in [1.807, 2.05) is 54.6 Å². The molecular weight excluding hydrogens is 637 g/mol. The van der Waals surface area contributed by atoms with Crippen LogP contribution < -0.4 is 15.4 Å². The number of rotatable bonds is 17. The van der Waals surface area contributed by atoms with Crippen LogP contribution in [-0.4, -0.2) is 51.5 Å². The van der Waals surface area contributed by atoms with E-state index < -0.39 is 24.0 Å². The summed E-state index contributed by atoms with van der Waals surface area (Å²) in [6.45, 7) is 10.8. The van der Waals surface area contributed by atoms with Gasteiger partial charge in [-0.3, -0.25) is 9.59 Å². The zero-order chi connectivity index (χ0) is 35.4. The van der Waals surface area contributed by atoms with Crippen LogP contribution in [0.4, 0.5) is 0 Å². The van der Waals surface area contributed by atoms with Crippen LogP contribution in [-0.2, 0) is 21.4 Å². The fourth-order valence-corrected chi connectivity index (χ4v) is 6.17. The minimum Gasteiger partial charge on any atom is -0.494 e. The van der Waals surface area contributed by atoms with Crippen LogP contribution >= 0.6 is 11.3 Å². The van der Waals surface area contributed by atoms with Crippen LogP contribution in [0.15, 0.2) is 73.1 Å². The van der Waals surface area contributed by atoms with E-state index >= 15 is 0 Å². The summed E-state index contributed by atoms with van der Waals surface area (Å²) in [5.41, 5.74) is 3.36. The SMILES string of the molecule is CCCCCCCOc1ccc(-c2cnc(-c3ccc(CC(NC(=O)c4ccc(C(C)(C)C)s4)C(=O)NC(CC)C(=O)O)cc3)nc2)cc1. The van der Waals surface area contributed by atoms with Gasteiger partial charge in [-0.1, -0.05) is 96.7 Å². The molecule has 2 heterocycles. The number of amides is 2. The second kappa shape index (κ2) is 17.7. The molecule has 0 bridgehead atoms. The number of thiophene rings is 1. The van der Waals surface area contributed by atoms with Crippen molar-refractivity contribution >= 4 is 29.1 Å². The lowest BCUT2D eigenvalue weighted by molar-refractivity contribution is -0.142. The van der Waals surface area contributed by atoms with E-state index in [0.29, 0.717) is 10.7 Å². The summed E-state index contributed by atoms with van der Waals surface area (Å²) in [6, 6.07) is 17.0. The Bertz CT molecular complexity index is 1660. The van der Waals surface area contributed by atoms with Crippen molar-refractivity contribution in [2.45, 2.75) is 97.1 Å². The maximum atomic E-state index is 13.3. The minimum absolute atomic E-state index is 0.116. The van der Waals surface area contributed by atoms with E-state index in [2.05, 4.69) is 48.3 Å². The molecule has 10 heteroatoms. The molecule has 2 atom stereocenters. The molecule has 260 valence electrons. The number of benzene rings is 2. The predicted octanol–water partition coefficient (Wildman–Crippen LogP) is 7.84. The van der Waals surface area contributed by atoms with Gasteiger partial charge in [0.05, 0.1) is 11.5 Å². The topological polar surface area (TPSA) is 131 Å². The molecule has 0 aliphatic rings. The molecule has 0 fully saturated rings. The standard InChI is InChI=1S/C39H48N4O5S/c1-6-8-9-10-11-22-48-30-18-16-27(17-19-30)29-24-40-35(41-25-29)28-14-12-26(13-15-28)23-32(36(44)42-31(7-2)38(46)47)43-37(45)33-20-21-34(49-33)39(3,4)5/h12-21,24-25,31-32H,6-11,22-23H2,1-5H3,(H,42,44)(H,43,45)(H,46,47). The first-order valence-corrected chi connectivity index (χ1v) is 17.9. The highest BCUT2D eigenvalue weighted by Gasteiger charge is 2.27. The molecule has 2 aromatic heterocycles. The molecule has 0 aliphatic heterocycles. The van der Waals surface area contributed by atoms with Gasteiger partial charge in [0.15, 0.2) is 5.82 Å². The van der Waals surface area contributed by atoms with Crippen LogP contribution in [0.2, 0.25) is 0 Å². The quantitative estimate of drug-likeness (QED) is 0.0966. The third-order valence-electron chi connectivity index (χ3n) is 8.22. The van der Waals surface area contributed by atoms with Gasteiger partial charge >= 0.3 is 5.97 Å². The van der Waals surface area contributed by atoms with Crippen LogP contribution in [0.5, 0.6) is 5.75 Å². The van der Waals surface area contributed by atoms with Gasteiger partial charge in [0, 0.05) is 34.8 Å². The van der Waals surface area contributed by atoms with Crippen LogP contribution in [0, 0.1) is 0 Å². The number of nitrogens with one attached hydrogen (secondary N) is 2. The summed E-state index contributed by atoms with van der Waals surface area (Å²) in [4.78, 5) is 48.8. The summed E-state index contributed by atoms with van der Waals surface area (Å²) < 4.78 is 5.89. The van der Waals surface area contributed by atoms with E-state index in [1.165, 1.54) is 37.0 Å². The average molecular weight is 685 g/mol. The number of hydrogen-bond donors (Lipinski definition) is 3. The Morgan fingerprint density at radius 2 is 1.45 bits per heavy atom. The Kier molecular flexibility index (Phi) is 13.5. The monoisotopic (exact) mass is 684 g/mol. The van der Waals surface area contributed by atoms with Crippen molar-refractivity contribution in [2.75, 3.05) is 6.61 Å². The van der Waals surface area contributed by atoms with Crippen molar-refractivity contribution in [3.05, 3.63) is 88.4 Å². The van der Waals surface area contributed by atoms with Crippen LogP contribution in [0.3, 0.4) is 0 Å². The molecule has 0 saturated heterocycles. The molecule has 4 aromatic rings. The highest BCUT2D eigenvalue weighted by Crippen LogP contribution is 2.29. The molecular formula is C39H48N4O5S. The average Bonchev–Trinajstić information content (AvgIpc) is 3.61. The number of aliphatic carboxylic acids is 1. The number of carboxylic acid groups (broad SMARTS) is 1. The van der Waals surface area contributed by atoms with Crippen molar-refractivity contribution in [1.82, 2.24) is 20.6 Å². The van der Waals surface area contributed by atoms with Crippen molar-refractivity contribution in [3.63, 3.8) is 0 Å². The lowest BCUT2D eigenvalue weighted by atomic mass is 9.95. The predicted molar refractivity (Wildman–Crippen MR) is 195 cm³/mol. The van der Waals surface area contributed by atoms with Crippen molar-refractivity contribution in [3.8, 4) is 28.3 Å². The zero-order valence-corrected chi connectivity index (χ0v) is 29.9. The van der Waals surface area contributed by atoms with Gasteiger partial charge in [-0.2, -0.15) is 0 Å². The molecule has 9 nitrogen and oxygen atoms in total. The molecule has 0 radical (unpaired) electrons. The maximum absolute atomic E-state index is 13.3. The molecule has 49 heavy (non-hydrogen) atoms. The van der Waals surface area contributed by atoms with Gasteiger partial charge in [-0.25, -0.2) is 14.8 Å². The Hall–Kier alpha value is -4.57. The molecule has 4 rings (SSSR count). The highest BCUT2D eigenvalue weighted by molar-refractivity contribution is 7.14. The van der Waals surface area contributed by atoms with E-state index in [4.69, 9.17) is 4.74 Å². The normalized spacial score (nSPS) is 12.6. The number of aromatic nitrogens is 2. The number of nitrogens with zero attached hydrogens (tertiary/aromatic N) is 2. The maximum Gasteiger partial charge on any atom is 0.326 e. The lowest BCUT2D eigenvalue weighted by Crippen LogP contribution is -2.52. The minimum atomic E-state index is -1.13. The molecule has 3 N–H and O–H groups in total. The van der Waals surface area contributed by atoms with Gasteiger partial charge < -0.3 is 20.5 Å². The Labute approximate surface area is 293 Å². The Morgan fingerprint density at radius 1 is 0.796 bits per heavy atom. The number of ether oxygens (including phenoxy) is 1. The number of carbonyl (C=O) groups is 3. The first-order valence-electron chi connectivity index (χ1n) is 17.1. The van der Waals surface area contributed by atoms with E-state index in [9.17, 15) is 19.5 Å². The molecule has 0 aliphatic carbocycles. The third kappa shape index (κ3) is 11.0. The molecule has 2 unspecified atom stereocenters. The molecule has 2 amide bonds. The lowest BCUT2D eigenvalue weighted by Gasteiger charge is -2.21. The second-order valence-electron chi connectivity index (χ2n) is 13.2. The number of carboxylic acids is 1. The Balaban J connectivity index is 1.41. The number of hydrogen-bond acceptors (Lipinski definition) is 7. The van der Waals surface area contributed by atoms with Crippen LogP contribution in [0.1, 0.15) is 93.3 Å². The van der Waals surface area contributed by atoms with Gasteiger partial charge in [-0.15, -0.1) is 11.3 Å². The summed E-state index contributed by atoms with van der Waals surface area (Å²) in [5, 5.41) is 14.9. The molecule has 0 spiro atoms. The largest absolute Gasteiger partial charge is 0.494 e. The summed E-state index contributed by atoms with van der Waals surface area (Å²) in [6.07, 6.45) is 9.98. The molecule has 0 saturated carbocycles. The van der Waals surface area contributed by atoms with E-state index in [0.717, 1.165) is 45.9 Å². The number of unbranched alkanes of at least 4 members (excludes halogenated alkanes) is 4. The zero-order valence-electron chi connectivity index (χ0n) is 29.1. The van der Waals surface area contributed by atoms with Gasteiger partial charge in [0.25, 0.3) is 5.91 Å². The fourth-order valence-electron chi connectivity index (χ4n) is 5.20. The van der Waals surface area contributed by atoms with Gasteiger partial charge in [0.1, 0.15) is 17.8 Å². The first kappa shape index (κ1) is 37.3. The fraction of sp³-hybridized carbons (Fsp3) is 0.410. The van der Waals surface area contributed by atoms with Crippen molar-refractivity contribution < 1.29 is 24.2 Å².